The van der Waals surface area contributed by atoms with E-state index in [1.54, 1.807) is 0 Å². The molecule has 1 atom stereocenters. The minimum atomic E-state index is -5.12. The zero-order valence-electron chi connectivity index (χ0n) is 14.3. The molecule has 0 aliphatic heterocycles. The summed E-state index contributed by atoms with van der Waals surface area (Å²) in [4.78, 5) is 0. The Morgan fingerprint density at radius 2 is 1.31 bits per heavy atom. The van der Waals surface area contributed by atoms with Crippen LogP contribution in [0, 0.1) is 0 Å². The van der Waals surface area contributed by atoms with Gasteiger partial charge in [-0.15, -0.1) is 0 Å². The minimum Gasteiger partial charge on any atom is -0.508 e. The van der Waals surface area contributed by atoms with Crippen molar-refractivity contribution in [3.8, 4) is 11.5 Å². The fourth-order valence-corrected chi connectivity index (χ4v) is 5.63. The van der Waals surface area contributed by atoms with Crippen LogP contribution in [0.15, 0.2) is 54.6 Å². The number of aromatic hydroxyl groups is 2. The van der Waals surface area contributed by atoms with Crippen molar-refractivity contribution in [3.63, 3.8) is 0 Å². The van der Waals surface area contributed by atoms with E-state index < -0.39 is 31.9 Å². The van der Waals surface area contributed by atoms with Crippen LogP contribution in [0.1, 0.15) is 16.7 Å². The van der Waals surface area contributed by atoms with Crippen molar-refractivity contribution < 1.29 is 23.2 Å². The van der Waals surface area contributed by atoms with Gasteiger partial charge in [0.25, 0.3) is 10.1 Å². The second-order valence-corrected chi connectivity index (χ2v) is 9.30. The van der Waals surface area contributed by atoms with Crippen LogP contribution in [-0.2, 0) is 14.9 Å². The Morgan fingerprint density at radius 3 is 1.83 bits per heavy atom. The van der Waals surface area contributed by atoms with Crippen LogP contribution in [-0.4, -0.2) is 23.2 Å². The first-order valence-corrected chi connectivity index (χ1v) is 10.8. The highest BCUT2D eigenvalue weighted by Crippen LogP contribution is 2.52. The van der Waals surface area contributed by atoms with Gasteiger partial charge in [-0.1, -0.05) is 64.6 Å². The SMILES string of the molecule is O=S(=O)(O)C(c1ccc(Cl)cc1)(c1cc(O)c(Cl)cc1O)c1c(Cl)cccc1Cl. The molecule has 152 valence electrons. The van der Waals surface area contributed by atoms with Crippen molar-refractivity contribution in [2.24, 2.45) is 0 Å². The third kappa shape index (κ3) is 3.65. The Labute approximate surface area is 186 Å². The summed E-state index contributed by atoms with van der Waals surface area (Å²) in [5.74, 6) is -1.14. The third-order valence-electron chi connectivity index (χ3n) is 4.40. The van der Waals surface area contributed by atoms with Crippen LogP contribution in [0.4, 0.5) is 0 Å². The molecule has 0 radical (unpaired) electrons. The largest absolute Gasteiger partial charge is 0.508 e. The van der Waals surface area contributed by atoms with Crippen LogP contribution in [0.2, 0.25) is 20.1 Å². The lowest BCUT2D eigenvalue weighted by atomic mass is 9.83. The van der Waals surface area contributed by atoms with E-state index in [4.69, 9.17) is 46.4 Å². The molecule has 0 amide bonds. The predicted octanol–water partition coefficient (Wildman–Crippen LogP) is 5.89. The lowest BCUT2D eigenvalue weighted by Crippen LogP contribution is -2.39. The van der Waals surface area contributed by atoms with Gasteiger partial charge in [0.05, 0.1) is 5.02 Å². The Kier molecular flexibility index (Phi) is 5.98. The maximum absolute atomic E-state index is 13.0. The Balaban J connectivity index is 2.63. The van der Waals surface area contributed by atoms with Gasteiger partial charge in [-0.05, 0) is 35.9 Å². The Hall–Kier alpha value is -1.67. The van der Waals surface area contributed by atoms with Crippen LogP contribution in [0.5, 0.6) is 11.5 Å². The molecule has 29 heavy (non-hydrogen) atoms. The zero-order chi connectivity index (χ0) is 21.6. The minimum absolute atomic E-state index is 0.0311. The van der Waals surface area contributed by atoms with E-state index in [9.17, 15) is 23.2 Å². The topological polar surface area (TPSA) is 94.8 Å². The summed E-state index contributed by atoms with van der Waals surface area (Å²) in [5.41, 5.74) is -0.652. The normalized spacial score (nSPS) is 13.8. The molecule has 10 heteroatoms. The van der Waals surface area contributed by atoms with Crippen molar-refractivity contribution in [1.82, 2.24) is 0 Å². The van der Waals surface area contributed by atoms with E-state index in [0.717, 1.165) is 12.1 Å². The van der Waals surface area contributed by atoms with Crippen molar-refractivity contribution in [3.05, 3.63) is 91.4 Å². The van der Waals surface area contributed by atoms with E-state index in [1.165, 1.54) is 42.5 Å². The standard InChI is InChI=1S/C19H12Cl4O5S/c20-11-6-4-10(5-7-11)19(29(26,27)28,18-13(21)2-1-3-14(18)22)12-8-17(25)15(23)9-16(12)24/h1-9,24-25H,(H,26,27,28). The molecule has 3 aromatic carbocycles. The lowest BCUT2D eigenvalue weighted by molar-refractivity contribution is 0.434. The monoisotopic (exact) mass is 492 g/mol. The van der Waals surface area contributed by atoms with Gasteiger partial charge in [0.2, 0.25) is 0 Å². The summed E-state index contributed by atoms with van der Waals surface area (Å²) in [6, 6.07) is 11.6. The number of phenolic OH excluding ortho intramolecular Hbond substituents is 2. The number of rotatable bonds is 4. The summed E-state index contributed by atoms with van der Waals surface area (Å²) in [7, 11) is -5.12. The van der Waals surface area contributed by atoms with Crippen LogP contribution in [0.25, 0.3) is 0 Å². The highest BCUT2D eigenvalue weighted by atomic mass is 35.5. The molecule has 0 bridgehead atoms. The highest BCUT2D eigenvalue weighted by molar-refractivity contribution is 7.87. The van der Waals surface area contributed by atoms with Crippen LogP contribution < -0.4 is 0 Å². The fraction of sp³-hybridized carbons (Fsp3) is 0.0526. The molecule has 3 rings (SSSR count). The van der Waals surface area contributed by atoms with Gasteiger partial charge in [0.1, 0.15) is 11.5 Å². The number of benzene rings is 3. The highest BCUT2D eigenvalue weighted by Gasteiger charge is 2.52. The van der Waals surface area contributed by atoms with Crippen LogP contribution in [0.3, 0.4) is 0 Å². The predicted molar refractivity (Wildman–Crippen MR) is 114 cm³/mol. The smallest absolute Gasteiger partial charge is 0.283 e. The molecule has 0 aromatic heterocycles. The molecule has 0 heterocycles. The molecule has 0 fully saturated rings. The van der Waals surface area contributed by atoms with Gasteiger partial charge in [0.15, 0.2) is 4.75 Å². The molecule has 0 saturated heterocycles. The van der Waals surface area contributed by atoms with Crippen molar-refractivity contribution in [2.45, 2.75) is 4.75 Å². The number of hydrogen-bond acceptors (Lipinski definition) is 4. The van der Waals surface area contributed by atoms with Gasteiger partial charge in [0, 0.05) is 32.3 Å². The summed E-state index contributed by atoms with van der Waals surface area (Å²) in [6.45, 7) is 0. The van der Waals surface area contributed by atoms with E-state index >= 15 is 0 Å². The number of phenols is 2. The van der Waals surface area contributed by atoms with Gasteiger partial charge < -0.3 is 10.2 Å². The number of hydrogen-bond donors (Lipinski definition) is 3. The zero-order valence-corrected chi connectivity index (χ0v) is 18.1. The van der Waals surface area contributed by atoms with Gasteiger partial charge >= 0.3 is 0 Å². The molecular weight excluding hydrogens is 482 g/mol. The lowest BCUT2D eigenvalue weighted by Gasteiger charge is -2.34. The van der Waals surface area contributed by atoms with Gasteiger partial charge in [-0.2, -0.15) is 8.42 Å². The van der Waals surface area contributed by atoms with Crippen molar-refractivity contribution in [1.29, 1.82) is 0 Å². The maximum atomic E-state index is 13.0. The van der Waals surface area contributed by atoms with E-state index in [0.29, 0.717) is 5.02 Å². The first kappa shape index (κ1) is 22.0. The quantitative estimate of drug-likeness (QED) is 0.239. The van der Waals surface area contributed by atoms with Crippen LogP contribution >= 0.6 is 46.4 Å². The molecular formula is C19H12Cl4O5S. The molecule has 0 saturated carbocycles. The molecule has 0 aliphatic rings. The first-order valence-electron chi connectivity index (χ1n) is 7.89. The molecule has 5 nitrogen and oxygen atoms in total. The molecule has 1 unspecified atom stereocenters. The molecule has 0 spiro atoms. The summed E-state index contributed by atoms with van der Waals surface area (Å²) in [5, 5.41) is 20.6. The second-order valence-electron chi connectivity index (χ2n) is 6.08. The van der Waals surface area contributed by atoms with Crippen molar-refractivity contribution >= 4 is 56.5 Å². The molecule has 0 aliphatic carbocycles. The summed E-state index contributed by atoms with van der Waals surface area (Å²) >= 11 is 24.4. The number of halogens is 4. The maximum Gasteiger partial charge on any atom is 0.283 e. The van der Waals surface area contributed by atoms with Gasteiger partial charge in [-0.3, -0.25) is 4.55 Å². The van der Waals surface area contributed by atoms with Gasteiger partial charge in [-0.25, -0.2) is 0 Å². The third-order valence-corrected chi connectivity index (χ3v) is 7.02. The summed E-state index contributed by atoms with van der Waals surface area (Å²) in [6.07, 6.45) is 0. The van der Waals surface area contributed by atoms with Crippen molar-refractivity contribution in [2.75, 3.05) is 0 Å². The van der Waals surface area contributed by atoms with E-state index in [2.05, 4.69) is 0 Å². The summed E-state index contributed by atoms with van der Waals surface area (Å²) < 4.78 is 33.9. The molecule has 3 N–H and O–H groups in total. The second kappa shape index (κ2) is 7.87. The van der Waals surface area contributed by atoms with E-state index in [1.807, 2.05) is 0 Å². The first-order chi connectivity index (χ1) is 13.5. The Bertz CT molecular complexity index is 1180. The average Bonchev–Trinajstić information content (AvgIpc) is 2.62. The fourth-order valence-electron chi connectivity index (χ4n) is 3.20. The molecule has 3 aromatic rings. The Morgan fingerprint density at radius 1 is 0.759 bits per heavy atom. The average molecular weight is 494 g/mol. The van der Waals surface area contributed by atoms with E-state index in [-0.39, 0.29) is 26.2 Å².